The number of anilines is 1. The van der Waals surface area contributed by atoms with E-state index in [0.29, 0.717) is 49.4 Å². The first-order valence-corrected chi connectivity index (χ1v) is 10.8. The molecule has 1 saturated heterocycles. The van der Waals surface area contributed by atoms with Gasteiger partial charge in [0.15, 0.2) is 5.66 Å². The van der Waals surface area contributed by atoms with Crippen molar-refractivity contribution in [1.29, 1.82) is 0 Å². The molecule has 1 atom stereocenters. The Kier molecular flexibility index (Phi) is 6.62. The van der Waals surface area contributed by atoms with Crippen LogP contribution in [0.5, 0.6) is 0 Å². The lowest BCUT2D eigenvalue weighted by molar-refractivity contribution is -0.128. The predicted molar refractivity (Wildman–Crippen MR) is 122 cm³/mol. The van der Waals surface area contributed by atoms with Gasteiger partial charge in [0, 0.05) is 41.8 Å². The van der Waals surface area contributed by atoms with Crippen LogP contribution in [0.25, 0.3) is 10.9 Å². The van der Waals surface area contributed by atoms with Gasteiger partial charge in [-0.1, -0.05) is 11.6 Å². The SMILES string of the molecule is CC(C)(C)OC(=O)N1CCC[C@@]1(C(N)=O)N(CCCN)c1ccnc2cc(Cl)ccc12. The smallest absolute Gasteiger partial charge is 0.412 e. The van der Waals surface area contributed by atoms with E-state index in [1.807, 2.05) is 17.0 Å². The third-order valence-electron chi connectivity index (χ3n) is 5.37. The summed E-state index contributed by atoms with van der Waals surface area (Å²) >= 11 is 6.15. The van der Waals surface area contributed by atoms with Gasteiger partial charge in [-0.05, 0) is 64.4 Å². The third kappa shape index (κ3) is 4.55. The maximum atomic E-state index is 13.1. The lowest BCUT2D eigenvalue weighted by atomic mass is 10.0. The number of carbonyl (C=O) groups is 2. The van der Waals surface area contributed by atoms with Gasteiger partial charge in [0.25, 0.3) is 5.91 Å². The Bertz CT molecular complexity index is 977. The Morgan fingerprint density at radius 3 is 2.71 bits per heavy atom. The van der Waals surface area contributed by atoms with Crippen molar-refractivity contribution in [2.45, 2.75) is 51.3 Å². The molecule has 0 saturated carbocycles. The third-order valence-corrected chi connectivity index (χ3v) is 5.60. The quantitative estimate of drug-likeness (QED) is 0.702. The maximum Gasteiger partial charge on any atom is 0.412 e. The number of amides is 2. The van der Waals surface area contributed by atoms with Gasteiger partial charge >= 0.3 is 6.09 Å². The number of rotatable bonds is 6. The van der Waals surface area contributed by atoms with Crippen LogP contribution >= 0.6 is 11.6 Å². The Labute approximate surface area is 187 Å². The van der Waals surface area contributed by atoms with E-state index in [0.717, 1.165) is 11.1 Å². The summed E-state index contributed by atoms with van der Waals surface area (Å²) in [6, 6.07) is 7.21. The van der Waals surface area contributed by atoms with Crippen LogP contribution in [0.2, 0.25) is 5.02 Å². The highest BCUT2D eigenvalue weighted by Gasteiger charge is 2.54. The number of aromatic nitrogens is 1. The van der Waals surface area contributed by atoms with Crippen molar-refractivity contribution in [3.8, 4) is 0 Å². The first-order chi connectivity index (χ1) is 14.6. The van der Waals surface area contributed by atoms with E-state index in [1.165, 1.54) is 4.90 Å². The van der Waals surface area contributed by atoms with Crippen molar-refractivity contribution in [2.24, 2.45) is 11.5 Å². The molecular weight excluding hydrogens is 418 g/mol. The van der Waals surface area contributed by atoms with Gasteiger partial charge in [-0.15, -0.1) is 0 Å². The summed E-state index contributed by atoms with van der Waals surface area (Å²) in [5, 5.41) is 1.37. The van der Waals surface area contributed by atoms with Gasteiger partial charge in [0.1, 0.15) is 5.60 Å². The second-order valence-electron chi connectivity index (χ2n) is 8.70. The highest BCUT2D eigenvalue weighted by molar-refractivity contribution is 6.31. The number of hydrogen-bond acceptors (Lipinski definition) is 6. The average Bonchev–Trinajstić information content (AvgIpc) is 3.13. The number of ether oxygens (including phenoxy) is 1. The van der Waals surface area contributed by atoms with E-state index in [-0.39, 0.29) is 0 Å². The fraction of sp³-hybridized carbons (Fsp3) is 0.500. The number of carbonyl (C=O) groups excluding carboxylic acids is 2. The van der Waals surface area contributed by atoms with Crippen molar-refractivity contribution in [3.05, 3.63) is 35.5 Å². The first-order valence-electron chi connectivity index (χ1n) is 10.4. The minimum atomic E-state index is -1.37. The molecule has 168 valence electrons. The van der Waals surface area contributed by atoms with Gasteiger partial charge in [0.05, 0.1) is 5.52 Å². The molecule has 2 heterocycles. The van der Waals surface area contributed by atoms with Crippen molar-refractivity contribution in [1.82, 2.24) is 9.88 Å². The molecule has 31 heavy (non-hydrogen) atoms. The van der Waals surface area contributed by atoms with Crippen molar-refractivity contribution in [3.63, 3.8) is 0 Å². The van der Waals surface area contributed by atoms with Gasteiger partial charge < -0.3 is 21.1 Å². The standard InChI is InChI=1S/C22H30ClN5O3/c1-21(2,3)31-20(30)28-12-4-9-22(28,19(25)29)27(13-5-10-24)18-8-11-26-17-14-15(23)6-7-16(17)18/h6-8,11,14H,4-5,9-10,12-13,24H2,1-3H3,(H2,25,29)/t22-/m1/s1. The van der Waals surface area contributed by atoms with Crippen LogP contribution in [-0.2, 0) is 9.53 Å². The summed E-state index contributed by atoms with van der Waals surface area (Å²) in [5.74, 6) is -0.605. The molecule has 1 aromatic heterocycles. The molecule has 8 nitrogen and oxygen atoms in total. The fourth-order valence-electron chi connectivity index (χ4n) is 4.13. The summed E-state index contributed by atoms with van der Waals surface area (Å²) in [6.07, 6.45) is 2.71. The minimum absolute atomic E-state index is 0.367. The number of nitrogens with two attached hydrogens (primary N) is 2. The van der Waals surface area contributed by atoms with E-state index >= 15 is 0 Å². The zero-order chi connectivity index (χ0) is 22.8. The second kappa shape index (κ2) is 8.88. The van der Waals surface area contributed by atoms with Gasteiger partial charge in [-0.2, -0.15) is 0 Å². The lowest BCUT2D eigenvalue weighted by Gasteiger charge is -2.46. The number of primary amides is 1. The summed E-state index contributed by atoms with van der Waals surface area (Å²) in [4.78, 5) is 33.9. The van der Waals surface area contributed by atoms with Crippen LogP contribution in [0.3, 0.4) is 0 Å². The molecule has 0 unspecified atom stereocenters. The number of nitrogens with zero attached hydrogens (tertiary/aromatic N) is 3. The van der Waals surface area contributed by atoms with Crippen LogP contribution in [-0.4, -0.2) is 52.8 Å². The summed E-state index contributed by atoms with van der Waals surface area (Å²) < 4.78 is 5.62. The van der Waals surface area contributed by atoms with E-state index in [2.05, 4.69) is 4.98 Å². The lowest BCUT2D eigenvalue weighted by Crippen LogP contribution is -2.67. The number of benzene rings is 1. The zero-order valence-electron chi connectivity index (χ0n) is 18.2. The summed E-state index contributed by atoms with van der Waals surface area (Å²) in [6.45, 7) is 6.59. The summed E-state index contributed by atoms with van der Waals surface area (Å²) in [5.41, 5.74) is 11.2. The zero-order valence-corrected chi connectivity index (χ0v) is 19.0. The molecule has 0 aliphatic carbocycles. The predicted octanol–water partition coefficient (Wildman–Crippen LogP) is 3.26. The average molecular weight is 448 g/mol. The van der Waals surface area contributed by atoms with E-state index in [4.69, 9.17) is 27.8 Å². The number of halogens is 1. The molecule has 1 aliphatic heterocycles. The maximum absolute atomic E-state index is 13.1. The largest absolute Gasteiger partial charge is 0.444 e. The second-order valence-corrected chi connectivity index (χ2v) is 9.14. The van der Waals surface area contributed by atoms with Gasteiger partial charge in [-0.3, -0.25) is 14.7 Å². The van der Waals surface area contributed by atoms with Gasteiger partial charge in [-0.25, -0.2) is 4.79 Å². The molecule has 0 bridgehead atoms. The molecule has 4 N–H and O–H groups in total. The Balaban J connectivity index is 2.17. The number of hydrogen-bond donors (Lipinski definition) is 2. The van der Waals surface area contributed by atoms with E-state index in [1.54, 1.807) is 39.1 Å². The highest BCUT2D eigenvalue weighted by atomic mass is 35.5. The molecule has 2 aromatic rings. The molecule has 2 amide bonds. The normalized spacial score (nSPS) is 18.9. The molecule has 1 fully saturated rings. The monoisotopic (exact) mass is 447 g/mol. The molecule has 1 aliphatic rings. The number of pyridine rings is 1. The van der Waals surface area contributed by atoms with E-state index in [9.17, 15) is 9.59 Å². The topological polar surface area (TPSA) is 115 Å². The number of likely N-dealkylation sites (tertiary alicyclic amines) is 1. The van der Waals surface area contributed by atoms with E-state index < -0.39 is 23.3 Å². The molecule has 0 radical (unpaired) electrons. The van der Waals surface area contributed by atoms with Crippen LogP contribution in [0.1, 0.15) is 40.0 Å². The minimum Gasteiger partial charge on any atom is -0.444 e. The molecule has 3 rings (SSSR count). The van der Waals surface area contributed by atoms with Crippen LogP contribution < -0.4 is 16.4 Å². The van der Waals surface area contributed by atoms with Crippen LogP contribution in [0.4, 0.5) is 10.5 Å². The first kappa shape index (κ1) is 23.1. The highest BCUT2D eigenvalue weighted by Crippen LogP contribution is 2.40. The van der Waals surface area contributed by atoms with Crippen LogP contribution in [0, 0.1) is 0 Å². The van der Waals surface area contributed by atoms with Crippen molar-refractivity contribution in [2.75, 3.05) is 24.5 Å². The van der Waals surface area contributed by atoms with Crippen molar-refractivity contribution >= 4 is 40.2 Å². The molecular formula is C22H30ClN5O3. The van der Waals surface area contributed by atoms with Crippen molar-refractivity contribution < 1.29 is 14.3 Å². The number of fused-ring (bicyclic) bond motifs is 1. The molecule has 0 spiro atoms. The Morgan fingerprint density at radius 1 is 1.32 bits per heavy atom. The van der Waals surface area contributed by atoms with Crippen LogP contribution in [0.15, 0.2) is 30.5 Å². The fourth-order valence-corrected chi connectivity index (χ4v) is 4.29. The molecule has 1 aromatic carbocycles. The Hall–Kier alpha value is -2.58. The summed E-state index contributed by atoms with van der Waals surface area (Å²) in [7, 11) is 0. The molecule has 9 heteroatoms. The Morgan fingerprint density at radius 2 is 2.06 bits per heavy atom. The van der Waals surface area contributed by atoms with Gasteiger partial charge in [0.2, 0.25) is 0 Å².